The predicted molar refractivity (Wildman–Crippen MR) is 117 cm³/mol. The van der Waals surface area contributed by atoms with Gasteiger partial charge in [0.1, 0.15) is 33.0 Å². The van der Waals surface area contributed by atoms with E-state index in [9.17, 15) is 8.78 Å². The summed E-state index contributed by atoms with van der Waals surface area (Å²) in [5.74, 6) is 0.290. The van der Waals surface area contributed by atoms with E-state index in [2.05, 4.69) is 14.8 Å². The van der Waals surface area contributed by atoms with Crippen molar-refractivity contribution in [1.29, 1.82) is 0 Å². The quantitative estimate of drug-likeness (QED) is 0.457. The summed E-state index contributed by atoms with van der Waals surface area (Å²) in [6, 6.07) is 5.95. The lowest BCUT2D eigenvalue weighted by molar-refractivity contribution is 0.410. The van der Waals surface area contributed by atoms with Gasteiger partial charge in [-0.3, -0.25) is 0 Å². The molecule has 4 aromatic rings. The van der Waals surface area contributed by atoms with Gasteiger partial charge in [0.2, 0.25) is 0 Å². The monoisotopic (exact) mass is 448 g/mol. The number of nitrogens with zero attached hydrogens (tertiary/aromatic N) is 4. The fourth-order valence-corrected chi connectivity index (χ4v) is 5.76. The minimum Gasteiger partial charge on any atom is -0.495 e. The van der Waals surface area contributed by atoms with Crippen LogP contribution in [0.15, 0.2) is 24.3 Å². The summed E-state index contributed by atoms with van der Waals surface area (Å²) in [4.78, 5) is 13.5. The Morgan fingerprint density at radius 2 is 1.43 bits per heavy atom. The molecule has 30 heavy (non-hydrogen) atoms. The highest BCUT2D eigenvalue weighted by molar-refractivity contribution is 7.22. The lowest BCUT2D eigenvalue weighted by Crippen LogP contribution is -2.46. The summed E-state index contributed by atoms with van der Waals surface area (Å²) < 4.78 is 39.9. The smallest absolute Gasteiger partial charge is 0.186 e. The molecule has 0 bridgehead atoms. The van der Waals surface area contributed by atoms with E-state index < -0.39 is 11.6 Å². The summed E-state index contributed by atoms with van der Waals surface area (Å²) in [6.07, 6.45) is 0. The minimum absolute atomic E-state index is 0.226. The molecule has 2 aromatic heterocycles. The van der Waals surface area contributed by atoms with E-state index in [0.29, 0.717) is 22.9 Å². The second-order valence-corrected chi connectivity index (χ2v) is 8.84. The summed E-state index contributed by atoms with van der Waals surface area (Å²) in [5.41, 5.74) is 1.02. The third-order valence-corrected chi connectivity index (χ3v) is 7.32. The number of fused-ring (bicyclic) bond motifs is 2. The zero-order chi connectivity index (χ0) is 20.8. The van der Waals surface area contributed by atoms with Crippen LogP contribution in [0, 0.1) is 11.6 Å². The molecular formula is C20H18F2N4O2S2. The van der Waals surface area contributed by atoms with E-state index in [0.717, 1.165) is 46.0 Å². The van der Waals surface area contributed by atoms with E-state index in [1.165, 1.54) is 17.4 Å². The van der Waals surface area contributed by atoms with Gasteiger partial charge in [-0.2, -0.15) is 0 Å². The van der Waals surface area contributed by atoms with Crippen LogP contribution in [0.25, 0.3) is 20.4 Å². The van der Waals surface area contributed by atoms with E-state index in [1.807, 2.05) is 12.1 Å². The fourth-order valence-electron chi connectivity index (χ4n) is 3.58. The van der Waals surface area contributed by atoms with E-state index in [1.54, 1.807) is 25.6 Å². The number of hydrogen-bond donors (Lipinski definition) is 0. The van der Waals surface area contributed by atoms with Crippen molar-refractivity contribution in [2.75, 3.05) is 50.2 Å². The molecule has 1 fully saturated rings. The zero-order valence-electron chi connectivity index (χ0n) is 16.3. The van der Waals surface area contributed by atoms with Gasteiger partial charge >= 0.3 is 0 Å². The summed E-state index contributed by atoms with van der Waals surface area (Å²) >= 11 is 2.89. The molecule has 1 aliphatic rings. The molecule has 1 aliphatic heterocycles. The molecule has 0 aliphatic carbocycles. The molecule has 0 N–H and O–H groups in total. The molecule has 0 atom stereocenters. The van der Waals surface area contributed by atoms with Gasteiger partial charge in [-0.15, -0.1) is 0 Å². The van der Waals surface area contributed by atoms with Crippen molar-refractivity contribution in [2.45, 2.75) is 0 Å². The van der Waals surface area contributed by atoms with Crippen molar-refractivity contribution in [1.82, 2.24) is 9.97 Å². The van der Waals surface area contributed by atoms with Crippen LogP contribution in [0.2, 0.25) is 0 Å². The highest BCUT2D eigenvalue weighted by Gasteiger charge is 2.24. The Kier molecular flexibility index (Phi) is 4.82. The Balaban J connectivity index is 1.38. The van der Waals surface area contributed by atoms with Crippen LogP contribution in [0.5, 0.6) is 11.5 Å². The molecule has 0 radical (unpaired) electrons. The zero-order valence-corrected chi connectivity index (χ0v) is 17.9. The van der Waals surface area contributed by atoms with Gasteiger partial charge < -0.3 is 19.3 Å². The van der Waals surface area contributed by atoms with Crippen molar-refractivity contribution >= 4 is 53.4 Å². The Morgan fingerprint density at radius 1 is 0.833 bits per heavy atom. The van der Waals surface area contributed by atoms with Crippen molar-refractivity contribution in [3.8, 4) is 11.5 Å². The molecule has 3 heterocycles. The van der Waals surface area contributed by atoms with Gasteiger partial charge in [0.15, 0.2) is 16.1 Å². The van der Waals surface area contributed by atoms with Crippen LogP contribution in [0.4, 0.5) is 19.0 Å². The lowest BCUT2D eigenvalue weighted by atomic mass is 10.3. The average molecular weight is 449 g/mol. The van der Waals surface area contributed by atoms with Crippen molar-refractivity contribution in [3.63, 3.8) is 0 Å². The summed E-state index contributed by atoms with van der Waals surface area (Å²) in [5, 5.41) is 1.62. The van der Waals surface area contributed by atoms with Gasteiger partial charge in [0, 0.05) is 32.2 Å². The molecule has 6 nitrogen and oxygen atoms in total. The van der Waals surface area contributed by atoms with Gasteiger partial charge in [0.25, 0.3) is 0 Å². The number of thiazole rings is 2. The molecule has 2 aromatic carbocycles. The first kappa shape index (κ1) is 19.3. The number of aromatic nitrogens is 2. The highest BCUT2D eigenvalue weighted by Crippen LogP contribution is 2.40. The topological polar surface area (TPSA) is 50.7 Å². The van der Waals surface area contributed by atoms with Gasteiger partial charge in [-0.25, -0.2) is 18.7 Å². The molecule has 1 saturated heterocycles. The van der Waals surface area contributed by atoms with Crippen LogP contribution in [0.3, 0.4) is 0 Å². The van der Waals surface area contributed by atoms with Crippen LogP contribution < -0.4 is 19.3 Å². The molecular weight excluding hydrogens is 430 g/mol. The standard InChI is InChI=1S/C20H18F2N4O2S2/c1-27-13-3-4-14(28-2)18-17(13)24-20(30-18)26-7-5-25(6-8-26)19-23-16-12(22)9-11(21)10-15(16)29-19/h3-4,9-10H,5-8H2,1-2H3. The van der Waals surface area contributed by atoms with Crippen molar-refractivity contribution < 1.29 is 18.3 Å². The molecule has 0 amide bonds. The maximum absolute atomic E-state index is 14.0. The fraction of sp³-hybridized carbons (Fsp3) is 0.300. The van der Waals surface area contributed by atoms with Gasteiger partial charge in [0.05, 0.1) is 18.9 Å². The molecule has 0 spiro atoms. The van der Waals surface area contributed by atoms with Gasteiger partial charge in [-0.1, -0.05) is 22.7 Å². The normalized spacial score (nSPS) is 14.7. The number of anilines is 2. The second-order valence-electron chi connectivity index (χ2n) is 6.85. The summed E-state index contributed by atoms with van der Waals surface area (Å²) in [6.45, 7) is 2.93. The number of hydrogen-bond acceptors (Lipinski definition) is 8. The van der Waals surface area contributed by atoms with E-state index in [4.69, 9.17) is 14.5 Å². The molecule has 0 saturated carbocycles. The first-order valence-electron chi connectivity index (χ1n) is 9.34. The Morgan fingerprint density at radius 3 is 2.10 bits per heavy atom. The van der Waals surface area contributed by atoms with Gasteiger partial charge in [-0.05, 0) is 18.2 Å². The largest absolute Gasteiger partial charge is 0.495 e. The van der Waals surface area contributed by atoms with Crippen LogP contribution in [0.1, 0.15) is 0 Å². The molecule has 156 valence electrons. The molecule has 0 unspecified atom stereocenters. The third-order valence-electron chi connectivity index (χ3n) is 5.12. The Labute approximate surface area is 179 Å². The maximum Gasteiger partial charge on any atom is 0.186 e. The molecule has 5 rings (SSSR count). The number of benzene rings is 2. The number of ether oxygens (including phenoxy) is 2. The SMILES string of the molecule is COc1ccc(OC)c2sc(N3CCN(c4nc5c(F)cc(F)cc5s4)CC3)nc12. The number of piperazine rings is 1. The Bertz CT molecular complexity index is 1190. The van der Waals surface area contributed by atoms with Crippen LogP contribution in [-0.2, 0) is 0 Å². The first-order chi connectivity index (χ1) is 14.6. The van der Waals surface area contributed by atoms with Crippen molar-refractivity contribution in [2.24, 2.45) is 0 Å². The van der Waals surface area contributed by atoms with E-state index >= 15 is 0 Å². The summed E-state index contributed by atoms with van der Waals surface area (Å²) in [7, 11) is 3.28. The predicted octanol–water partition coefficient (Wildman–Crippen LogP) is 4.53. The number of rotatable bonds is 4. The first-order valence-corrected chi connectivity index (χ1v) is 11.0. The minimum atomic E-state index is -0.622. The average Bonchev–Trinajstić information content (AvgIpc) is 3.38. The van der Waals surface area contributed by atoms with Crippen LogP contribution in [-0.4, -0.2) is 50.4 Å². The molecule has 10 heteroatoms. The highest BCUT2D eigenvalue weighted by atomic mass is 32.1. The van der Waals surface area contributed by atoms with Crippen molar-refractivity contribution in [3.05, 3.63) is 35.9 Å². The van der Waals surface area contributed by atoms with Crippen LogP contribution >= 0.6 is 22.7 Å². The Hall–Kier alpha value is -2.72. The maximum atomic E-state index is 14.0. The third kappa shape index (κ3) is 3.20. The lowest BCUT2D eigenvalue weighted by Gasteiger charge is -2.34. The van der Waals surface area contributed by atoms with E-state index in [-0.39, 0.29) is 5.52 Å². The number of halogens is 2. The second kappa shape index (κ2) is 7.51. The number of methoxy groups -OCH3 is 2.